The van der Waals surface area contributed by atoms with Gasteiger partial charge in [-0.15, -0.1) is 0 Å². The smallest absolute Gasteiger partial charge is 0.0438 e. The highest BCUT2D eigenvalue weighted by Crippen LogP contribution is 2.18. The van der Waals surface area contributed by atoms with Crippen LogP contribution in [0.25, 0.3) is 0 Å². The predicted octanol–water partition coefficient (Wildman–Crippen LogP) is 3.53. The van der Waals surface area contributed by atoms with Gasteiger partial charge in [0.05, 0.1) is 0 Å². The van der Waals surface area contributed by atoms with Gasteiger partial charge in [0.1, 0.15) is 0 Å². The van der Waals surface area contributed by atoms with Crippen molar-refractivity contribution < 1.29 is 0 Å². The van der Waals surface area contributed by atoms with Crippen LogP contribution in [0.5, 0.6) is 0 Å². The van der Waals surface area contributed by atoms with E-state index in [0.29, 0.717) is 5.92 Å². The molecule has 0 nitrogen and oxygen atoms in total. The van der Waals surface area contributed by atoms with Gasteiger partial charge in [-0.25, -0.2) is 0 Å². The molecule has 0 heterocycles. The van der Waals surface area contributed by atoms with Gasteiger partial charge in [-0.1, -0.05) is 34.6 Å². The molecule has 0 aromatic heterocycles. The molecule has 0 heteroatoms. The van der Waals surface area contributed by atoms with E-state index in [4.69, 9.17) is 0 Å². The molecule has 0 aliphatic rings. The summed E-state index contributed by atoms with van der Waals surface area (Å²) in [5, 5.41) is 0. The van der Waals surface area contributed by atoms with Crippen LogP contribution >= 0.6 is 0 Å². The molecule has 2 atom stereocenters. The normalized spacial score (nSPS) is 12.0. The fourth-order valence-corrected chi connectivity index (χ4v) is 1.59. The lowest BCUT2D eigenvalue weighted by Gasteiger charge is -2.15. The first-order chi connectivity index (χ1) is 4.52. The summed E-state index contributed by atoms with van der Waals surface area (Å²) in [7, 11) is 0. The van der Waals surface area contributed by atoms with Crippen LogP contribution in [-0.2, 0) is 0 Å². The van der Waals surface area contributed by atoms with E-state index >= 15 is 0 Å². The van der Waals surface area contributed by atoms with E-state index in [0.717, 1.165) is 11.8 Å². The van der Waals surface area contributed by atoms with E-state index in [2.05, 4.69) is 34.6 Å². The Balaban J connectivity index is 3.34. The van der Waals surface area contributed by atoms with Crippen LogP contribution in [0.2, 0.25) is 0 Å². The molecular weight excluding hydrogens is 120 g/mol. The second-order valence-corrected chi connectivity index (χ2v) is 4.08. The molecule has 61 valence electrons. The first kappa shape index (κ1) is 10.0. The Morgan fingerprint density at radius 2 is 1.50 bits per heavy atom. The molecule has 0 fully saturated rings. The van der Waals surface area contributed by atoms with E-state index in [-0.39, 0.29) is 0 Å². The third kappa shape index (κ3) is 6.12. The third-order valence-electron chi connectivity index (χ3n) is 1.68. The van der Waals surface area contributed by atoms with Crippen molar-refractivity contribution in [2.24, 2.45) is 17.8 Å². The van der Waals surface area contributed by atoms with E-state index in [1.54, 1.807) is 0 Å². The van der Waals surface area contributed by atoms with Gasteiger partial charge in [-0.05, 0) is 30.6 Å². The summed E-state index contributed by atoms with van der Waals surface area (Å²) in [5.41, 5.74) is 0. The van der Waals surface area contributed by atoms with E-state index in [9.17, 15) is 0 Å². The zero-order valence-corrected chi connectivity index (χ0v) is 7.85. The van der Waals surface area contributed by atoms with Gasteiger partial charge in [0.2, 0.25) is 0 Å². The Morgan fingerprint density at radius 1 is 1.00 bits per heavy atom. The summed E-state index contributed by atoms with van der Waals surface area (Å²) >= 11 is 0. The van der Waals surface area contributed by atoms with Gasteiger partial charge in [0.15, 0.2) is 0 Å². The summed E-state index contributed by atoms with van der Waals surface area (Å²) in [6, 6.07) is 0. The average molecular weight is 141 g/mol. The predicted molar refractivity (Wildman–Crippen MR) is 47.8 cm³/mol. The molecule has 0 saturated carbocycles. The van der Waals surface area contributed by atoms with E-state index in [1.807, 2.05) is 0 Å². The lowest BCUT2D eigenvalue weighted by atomic mass is 9.91. The van der Waals surface area contributed by atoms with Gasteiger partial charge >= 0.3 is 0 Å². The van der Waals surface area contributed by atoms with Crippen molar-refractivity contribution in [3.63, 3.8) is 0 Å². The standard InChI is InChI=1S/C10H21/c1-8(2)6-10(5)7-9(3)4/h8-10H,1,6-7H2,2-5H3. The Labute approximate surface area is 66.0 Å². The molecule has 0 aromatic rings. The molecular formula is C10H21. The Bertz CT molecular complexity index is 62.1. The van der Waals surface area contributed by atoms with Gasteiger partial charge in [-0.3, -0.25) is 0 Å². The highest BCUT2D eigenvalue weighted by atomic mass is 14.1. The Kier molecular flexibility index (Phi) is 4.76. The summed E-state index contributed by atoms with van der Waals surface area (Å²) < 4.78 is 0. The van der Waals surface area contributed by atoms with Crippen molar-refractivity contribution >= 4 is 0 Å². The second kappa shape index (κ2) is 4.76. The van der Waals surface area contributed by atoms with Crippen LogP contribution in [0.4, 0.5) is 0 Å². The van der Waals surface area contributed by atoms with Crippen molar-refractivity contribution in [1.29, 1.82) is 0 Å². The zero-order valence-electron chi connectivity index (χ0n) is 7.85. The van der Waals surface area contributed by atoms with Crippen molar-refractivity contribution in [1.82, 2.24) is 0 Å². The SMILES string of the molecule is [CH2]C(C)CC(C)CC(C)C. The van der Waals surface area contributed by atoms with Crippen molar-refractivity contribution in [3.8, 4) is 0 Å². The zero-order chi connectivity index (χ0) is 8.15. The van der Waals surface area contributed by atoms with Crippen molar-refractivity contribution in [2.45, 2.75) is 40.5 Å². The second-order valence-electron chi connectivity index (χ2n) is 4.08. The van der Waals surface area contributed by atoms with Crippen LogP contribution in [0.3, 0.4) is 0 Å². The highest BCUT2D eigenvalue weighted by Gasteiger charge is 2.06. The minimum absolute atomic E-state index is 0.619. The molecule has 0 amide bonds. The molecule has 0 aliphatic carbocycles. The van der Waals surface area contributed by atoms with Crippen LogP contribution in [-0.4, -0.2) is 0 Å². The molecule has 0 aromatic carbocycles. The molecule has 0 saturated heterocycles. The van der Waals surface area contributed by atoms with E-state index < -0.39 is 0 Å². The van der Waals surface area contributed by atoms with E-state index in [1.165, 1.54) is 12.8 Å². The number of hydrogen-bond donors (Lipinski definition) is 0. The van der Waals surface area contributed by atoms with Gasteiger partial charge in [0, 0.05) is 0 Å². The third-order valence-corrected chi connectivity index (χ3v) is 1.68. The van der Waals surface area contributed by atoms with Gasteiger partial charge in [-0.2, -0.15) is 0 Å². The van der Waals surface area contributed by atoms with Crippen molar-refractivity contribution in [3.05, 3.63) is 6.92 Å². The summed E-state index contributed by atoms with van der Waals surface area (Å²) in [4.78, 5) is 0. The summed E-state index contributed by atoms with van der Waals surface area (Å²) in [5.74, 6) is 2.31. The topological polar surface area (TPSA) is 0 Å². The van der Waals surface area contributed by atoms with Gasteiger partial charge < -0.3 is 0 Å². The molecule has 0 aliphatic heterocycles. The maximum Gasteiger partial charge on any atom is -0.0438 e. The number of rotatable bonds is 4. The van der Waals surface area contributed by atoms with Gasteiger partial charge in [0.25, 0.3) is 0 Å². The molecule has 0 N–H and O–H groups in total. The molecule has 0 rings (SSSR count). The largest absolute Gasteiger partial charge is 0.0628 e. The number of hydrogen-bond acceptors (Lipinski definition) is 0. The molecule has 10 heavy (non-hydrogen) atoms. The summed E-state index contributed by atoms with van der Waals surface area (Å²) in [6.45, 7) is 13.1. The van der Waals surface area contributed by atoms with Crippen molar-refractivity contribution in [2.75, 3.05) is 0 Å². The van der Waals surface area contributed by atoms with Crippen LogP contribution in [0.1, 0.15) is 40.5 Å². The maximum atomic E-state index is 3.99. The maximum absolute atomic E-state index is 3.99. The molecule has 2 unspecified atom stereocenters. The Morgan fingerprint density at radius 3 is 1.80 bits per heavy atom. The average Bonchev–Trinajstić information content (AvgIpc) is 1.58. The lowest BCUT2D eigenvalue weighted by molar-refractivity contribution is 0.382. The first-order valence-corrected chi connectivity index (χ1v) is 4.35. The Hall–Kier alpha value is 0. The lowest BCUT2D eigenvalue weighted by Crippen LogP contribution is -2.03. The highest BCUT2D eigenvalue weighted by molar-refractivity contribution is 4.62. The molecule has 0 bridgehead atoms. The van der Waals surface area contributed by atoms with Crippen LogP contribution in [0.15, 0.2) is 0 Å². The monoisotopic (exact) mass is 141 g/mol. The molecule has 0 spiro atoms. The minimum Gasteiger partial charge on any atom is -0.0628 e. The summed E-state index contributed by atoms with van der Waals surface area (Å²) in [6.07, 6.45) is 2.62. The fourth-order valence-electron chi connectivity index (χ4n) is 1.59. The fraction of sp³-hybridized carbons (Fsp3) is 0.900. The first-order valence-electron chi connectivity index (χ1n) is 4.35. The minimum atomic E-state index is 0.619. The van der Waals surface area contributed by atoms with Crippen LogP contribution in [0, 0.1) is 24.7 Å². The molecule has 1 radical (unpaired) electrons. The van der Waals surface area contributed by atoms with Crippen LogP contribution < -0.4 is 0 Å². The quantitative estimate of drug-likeness (QED) is 0.562.